The quantitative estimate of drug-likeness (QED) is 0.849. The SMILES string of the molecule is Nc1ccc(-c2ccc(C(=O)N[C@H]3CN4CCC3CC4)o2)c(F)c1. The number of carbonyl (C=O) groups excluding carboxylic acids is 1. The number of hydrogen-bond acceptors (Lipinski definition) is 4. The summed E-state index contributed by atoms with van der Waals surface area (Å²) >= 11 is 0. The van der Waals surface area contributed by atoms with E-state index < -0.39 is 5.82 Å². The van der Waals surface area contributed by atoms with E-state index >= 15 is 0 Å². The number of anilines is 1. The molecule has 0 aliphatic carbocycles. The van der Waals surface area contributed by atoms with Crippen molar-refractivity contribution in [2.45, 2.75) is 18.9 Å². The molecule has 5 nitrogen and oxygen atoms in total. The van der Waals surface area contributed by atoms with E-state index in [1.54, 1.807) is 24.3 Å². The molecule has 1 aromatic heterocycles. The summed E-state index contributed by atoms with van der Waals surface area (Å²) < 4.78 is 19.5. The number of rotatable bonds is 3. The maximum absolute atomic E-state index is 14.0. The van der Waals surface area contributed by atoms with Crippen molar-refractivity contribution in [1.82, 2.24) is 10.2 Å². The van der Waals surface area contributed by atoms with Gasteiger partial charge in [-0.15, -0.1) is 0 Å². The Balaban J connectivity index is 1.49. The van der Waals surface area contributed by atoms with Crippen LogP contribution in [0.15, 0.2) is 34.7 Å². The Bertz CT molecular complexity index is 765. The third-order valence-corrected chi connectivity index (χ3v) is 5.06. The lowest BCUT2D eigenvalue weighted by molar-refractivity contribution is 0.0606. The average molecular weight is 329 g/mol. The number of nitrogen functional groups attached to an aromatic ring is 1. The van der Waals surface area contributed by atoms with Gasteiger partial charge in [-0.3, -0.25) is 4.79 Å². The molecule has 3 aliphatic rings. The van der Waals surface area contributed by atoms with Crippen molar-refractivity contribution in [1.29, 1.82) is 0 Å². The molecule has 126 valence electrons. The highest BCUT2D eigenvalue weighted by Crippen LogP contribution is 2.29. The van der Waals surface area contributed by atoms with Gasteiger partial charge in [0, 0.05) is 18.3 Å². The first kappa shape index (κ1) is 15.2. The fourth-order valence-electron chi connectivity index (χ4n) is 3.70. The number of nitrogens with two attached hydrogens (primary N) is 1. The van der Waals surface area contributed by atoms with Gasteiger partial charge < -0.3 is 20.4 Å². The lowest BCUT2D eigenvalue weighted by Gasteiger charge is -2.44. The van der Waals surface area contributed by atoms with E-state index in [-0.39, 0.29) is 17.7 Å². The molecule has 1 aromatic carbocycles. The summed E-state index contributed by atoms with van der Waals surface area (Å²) in [5.74, 6) is 0.372. The van der Waals surface area contributed by atoms with Gasteiger partial charge in [-0.05, 0) is 62.2 Å². The molecule has 1 amide bonds. The number of halogens is 1. The van der Waals surface area contributed by atoms with Crippen LogP contribution in [-0.4, -0.2) is 36.5 Å². The maximum Gasteiger partial charge on any atom is 0.287 e. The van der Waals surface area contributed by atoms with Crippen LogP contribution in [0, 0.1) is 11.7 Å². The second-order valence-electron chi connectivity index (χ2n) is 6.62. The van der Waals surface area contributed by atoms with Crippen molar-refractivity contribution in [3.8, 4) is 11.3 Å². The summed E-state index contributed by atoms with van der Waals surface area (Å²) in [7, 11) is 0. The van der Waals surface area contributed by atoms with Crippen LogP contribution in [0.4, 0.5) is 10.1 Å². The summed E-state index contributed by atoms with van der Waals surface area (Å²) in [5, 5.41) is 3.07. The Labute approximate surface area is 139 Å². The normalized spacial score (nSPS) is 25.6. The molecule has 24 heavy (non-hydrogen) atoms. The smallest absolute Gasteiger partial charge is 0.287 e. The Morgan fingerprint density at radius 3 is 2.71 bits per heavy atom. The predicted molar refractivity (Wildman–Crippen MR) is 88.9 cm³/mol. The lowest BCUT2D eigenvalue weighted by atomic mass is 9.84. The molecule has 3 aliphatic heterocycles. The van der Waals surface area contributed by atoms with Crippen LogP contribution in [-0.2, 0) is 0 Å². The molecule has 3 N–H and O–H groups in total. The Hall–Kier alpha value is -2.34. The van der Waals surface area contributed by atoms with Gasteiger partial charge in [0.2, 0.25) is 0 Å². The van der Waals surface area contributed by atoms with Crippen molar-refractivity contribution in [2.75, 3.05) is 25.4 Å². The van der Waals surface area contributed by atoms with Gasteiger partial charge in [0.25, 0.3) is 5.91 Å². The molecule has 0 radical (unpaired) electrons. The van der Waals surface area contributed by atoms with E-state index in [2.05, 4.69) is 10.2 Å². The van der Waals surface area contributed by atoms with E-state index in [0.717, 1.165) is 32.5 Å². The average Bonchev–Trinajstić information content (AvgIpc) is 3.06. The molecule has 0 spiro atoms. The minimum Gasteiger partial charge on any atom is -0.451 e. The largest absolute Gasteiger partial charge is 0.451 e. The molecule has 2 bridgehead atoms. The molecule has 3 saturated heterocycles. The highest BCUT2D eigenvalue weighted by Gasteiger charge is 2.35. The molecule has 2 aromatic rings. The second-order valence-corrected chi connectivity index (χ2v) is 6.62. The molecule has 5 rings (SSSR count). The van der Waals surface area contributed by atoms with Gasteiger partial charge in [0.15, 0.2) is 5.76 Å². The summed E-state index contributed by atoms with van der Waals surface area (Å²) in [6.45, 7) is 3.15. The van der Waals surface area contributed by atoms with Crippen LogP contribution in [0.3, 0.4) is 0 Å². The van der Waals surface area contributed by atoms with Gasteiger partial charge in [-0.25, -0.2) is 4.39 Å². The minimum atomic E-state index is -0.464. The van der Waals surface area contributed by atoms with Crippen LogP contribution in [0.5, 0.6) is 0 Å². The van der Waals surface area contributed by atoms with Crippen molar-refractivity contribution < 1.29 is 13.6 Å². The first-order valence-corrected chi connectivity index (χ1v) is 8.28. The summed E-state index contributed by atoms with van der Waals surface area (Å²) in [6, 6.07) is 7.76. The Morgan fingerprint density at radius 2 is 2.04 bits per heavy atom. The van der Waals surface area contributed by atoms with Crippen LogP contribution in [0.2, 0.25) is 0 Å². The summed E-state index contributed by atoms with van der Waals surface area (Å²) in [6.07, 6.45) is 2.26. The maximum atomic E-state index is 14.0. The molecule has 6 heteroatoms. The van der Waals surface area contributed by atoms with Gasteiger partial charge in [-0.1, -0.05) is 0 Å². The minimum absolute atomic E-state index is 0.168. The zero-order chi connectivity index (χ0) is 16.7. The van der Waals surface area contributed by atoms with Gasteiger partial charge >= 0.3 is 0 Å². The molecule has 1 atom stereocenters. The zero-order valence-corrected chi connectivity index (χ0v) is 13.3. The Morgan fingerprint density at radius 1 is 1.25 bits per heavy atom. The number of hydrogen-bond donors (Lipinski definition) is 2. The van der Waals surface area contributed by atoms with E-state index in [1.165, 1.54) is 6.07 Å². The Kier molecular flexibility index (Phi) is 3.76. The van der Waals surface area contributed by atoms with Crippen LogP contribution < -0.4 is 11.1 Å². The van der Waals surface area contributed by atoms with Crippen LogP contribution in [0.25, 0.3) is 11.3 Å². The van der Waals surface area contributed by atoms with E-state index in [4.69, 9.17) is 10.2 Å². The standard InChI is InChI=1S/C18H20FN3O2/c19-14-9-12(20)1-2-13(14)16-3-4-17(24-16)18(23)21-15-10-22-7-5-11(15)6-8-22/h1-4,9,11,15H,5-8,10,20H2,(H,21,23)/t15-/m0/s1. The predicted octanol–water partition coefficient (Wildman–Crippen LogP) is 2.49. The summed E-state index contributed by atoms with van der Waals surface area (Å²) in [4.78, 5) is 14.8. The lowest BCUT2D eigenvalue weighted by Crippen LogP contribution is -2.57. The number of nitrogens with zero attached hydrogens (tertiary/aromatic N) is 1. The monoisotopic (exact) mass is 329 g/mol. The second kappa shape index (κ2) is 5.94. The molecular weight excluding hydrogens is 309 g/mol. The number of carbonyl (C=O) groups is 1. The van der Waals surface area contributed by atoms with Crippen molar-refractivity contribution in [3.05, 3.63) is 41.9 Å². The molecular formula is C18H20FN3O2. The molecule has 3 fully saturated rings. The van der Waals surface area contributed by atoms with E-state index in [0.29, 0.717) is 22.9 Å². The summed E-state index contributed by atoms with van der Waals surface area (Å²) in [5.41, 5.74) is 6.20. The highest BCUT2D eigenvalue weighted by molar-refractivity contribution is 5.92. The number of benzene rings is 1. The highest BCUT2D eigenvalue weighted by atomic mass is 19.1. The van der Waals surface area contributed by atoms with Crippen molar-refractivity contribution in [2.24, 2.45) is 5.92 Å². The van der Waals surface area contributed by atoms with Gasteiger partial charge in [0.05, 0.1) is 5.56 Å². The van der Waals surface area contributed by atoms with Gasteiger partial charge in [-0.2, -0.15) is 0 Å². The fourth-order valence-corrected chi connectivity index (χ4v) is 3.70. The molecule has 0 saturated carbocycles. The topological polar surface area (TPSA) is 71.5 Å². The number of furan rings is 1. The van der Waals surface area contributed by atoms with Gasteiger partial charge in [0.1, 0.15) is 11.6 Å². The van der Waals surface area contributed by atoms with Crippen molar-refractivity contribution in [3.63, 3.8) is 0 Å². The van der Waals surface area contributed by atoms with Crippen LogP contribution >= 0.6 is 0 Å². The zero-order valence-electron chi connectivity index (χ0n) is 13.3. The first-order valence-electron chi connectivity index (χ1n) is 8.28. The van der Waals surface area contributed by atoms with E-state index in [9.17, 15) is 9.18 Å². The number of piperidine rings is 3. The first-order chi connectivity index (χ1) is 11.6. The van der Waals surface area contributed by atoms with E-state index in [1.807, 2.05) is 0 Å². The fraction of sp³-hybridized carbons (Fsp3) is 0.389. The number of fused-ring (bicyclic) bond motifs is 3. The number of amides is 1. The van der Waals surface area contributed by atoms with Crippen LogP contribution in [0.1, 0.15) is 23.4 Å². The van der Waals surface area contributed by atoms with Crippen molar-refractivity contribution >= 4 is 11.6 Å². The molecule has 4 heterocycles. The number of nitrogens with one attached hydrogen (secondary N) is 1. The molecule has 0 unspecified atom stereocenters. The third kappa shape index (κ3) is 2.78. The third-order valence-electron chi connectivity index (χ3n) is 5.06.